The Bertz CT molecular complexity index is 613. The highest BCUT2D eigenvalue weighted by Crippen LogP contribution is 2.20. The van der Waals surface area contributed by atoms with E-state index in [1.165, 1.54) is 12.3 Å². The first-order valence-electron chi connectivity index (χ1n) is 5.92. The molecule has 1 heterocycles. The summed E-state index contributed by atoms with van der Waals surface area (Å²) in [6, 6.07) is 9.13. The molecular weight excluding hydrogens is 262 g/mol. The maximum Gasteiger partial charge on any atom is 0.258 e. The quantitative estimate of drug-likeness (QED) is 0.846. The molecule has 2 rings (SSSR count). The molecule has 0 aliphatic carbocycles. The molecule has 0 fully saturated rings. The fraction of sp³-hybridized carbons (Fsp3) is 0.143. The molecule has 3 N–H and O–H groups in total. The van der Waals surface area contributed by atoms with Gasteiger partial charge in [0.25, 0.3) is 5.91 Å². The minimum atomic E-state index is -0.314. The lowest BCUT2D eigenvalue weighted by Gasteiger charge is -2.10. The van der Waals surface area contributed by atoms with E-state index in [0.29, 0.717) is 5.69 Å². The number of anilines is 2. The summed E-state index contributed by atoms with van der Waals surface area (Å²) in [6.45, 7) is 2.03. The minimum absolute atomic E-state index is 0.140. The van der Waals surface area contributed by atoms with E-state index < -0.39 is 0 Å². The molecule has 0 radical (unpaired) electrons. The number of nitrogens with one attached hydrogen (secondary N) is 1. The van der Waals surface area contributed by atoms with Gasteiger partial charge >= 0.3 is 0 Å². The van der Waals surface area contributed by atoms with Crippen molar-refractivity contribution >= 4 is 28.9 Å². The van der Waals surface area contributed by atoms with Crippen molar-refractivity contribution in [2.24, 2.45) is 0 Å². The second-order valence-electron chi connectivity index (χ2n) is 4.07. The van der Waals surface area contributed by atoms with Gasteiger partial charge in [0.05, 0.1) is 17.4 Å². The Labute approximate surface area is 116 Å². The highest BCUT2D eigenvalue weighted by Gasteiger charge is 2.13. The molecule has 0 aliphatic rings. The van der Waals surface area contributed by atoms with E-state index in [9.17, 15) is 4.79 Å². The number of nitrogen functional groups attached to an aromatic ring is 1. The van der Waals surface area contributed by atoms with Gasteiger partial charge in [-0.05, 0) is 24.1 Å². The lowest BCUT2D eigenvalue weighted by molar-refractivity contribution is 0.102. The molecule has 2 aromatic rings. The zero-order valence-electron chi connectivity index (χ0n) is 10.5. The smallest absolute Gasteiger partial charge is 0.258 e. The van der Waals surface area contributed by atoms with Crippen LogP contribution in [0.1, 0.15) is 22.8 Å². The SMILES string of the molecule is CCc1ccccc1NC(=O)c1cc(N)cnc1Cl. The Balaban J connectivity index is 2.28. The number of aryl methyl sites for hydroxylation is 1. The number of carbonyl (C=O) groups is 1. The van der Waals surface area contributed by atoms with E-state index in [1.807, 2.05) is 31.2 Å². The Hall–Kier alpha value is -2.07. The predicted octanol–water partition coefficient (Wildman–Crippen LogP) is 3.13. The summed E-state index contributed by atoms with van der Waals surface area (Å²) < 4.78 is 0. The Morgan fingerprint density at radius 1 is 1.42 bits per heavy atom. The fourth-order valence-corrected chi connectivity index (χ4v) is 1.95. The van der Waals surface area contributed by atoms with Gasteiger partial charge < -0.3 is 11.1 Å². The second kappa shape index (κ2) is 5.71. The average molecular weight is 276 g/mol. The molecule has 4 nitrogen and oxygen atoms in total. The van der Waals surface area contributed by atoms with Crippen LogP contribution < -0.4 is 11.1 Å². The third-order valence-corrected chi connectivity index (χ3v) is 3.05. The van der Waals surface area contributed by atoms with Gasteiger partial charge in [-0.1, -0.05) is 36.7 Å². The number of pyridine rings is 1. The number of halogens is 1. The molecule has 98 valence electrons. The normalized spacial score (nSPS) is 10.2. The molecule has 0 saturated carbocycles. The van der Waals surface area contributed by atoms with Crippen molar-refractivity contribution < 1.29 is 4.79 Å². The van der Waals surface area contributed by atoms with E-state index in [4.69, 9.17) is 17.3 Å². The van der Waals surface area contributed by atoms with Crippen molar-refractivity contribution in [2.75, 3.05) is 11.1 Å². The second-order valence-corrected chi connectivity index (χ2v) is 4.43. The zero-order chi connectivity index (χ0) is 13.8. The van der Waals surface area contributed by atoms with E-state index >= 15 is 0 Å². The highest BCUT2D eigenvalue weighted by atomic mass is 35.5. The first kappa shape index (κ1) is 13.4. The number of benzene rings is 1. The topological polar surface area (TPSA) is 68.0 Å². The van der Waals surface area contributed by atoms with Crippen LogP contribution in [-0.2, 0) is 6.42 Å². The van der Waals surface area contributed by atoms with E-state index in [-0.39, 0.29) is 16.6 Å². The van der Waals surface area contributed by atoms with Crippen LogP contribution >= 0.6 is 11.6 Å². The van der Waals surface area contributed by atoms with Gasteiger partial charge in [0.15, 0.2) is 0 Å². The van der Waals surface area contributed by atoms with E-state index in [1.54, 1.807) is 0 Å². The number of hydrogen-bond donors (Lipinski definition) is 2. The lowest BCUT2D eigenvalue weighted by atomic mass is 10.1. The number of hydrogen-bond acceptors (Lipinski definition) is 3. The molecule has 19 heavy (non-hydrogen) atoms. The monoisotopic (exact) mass is 275 g/mol. The van der Waals surface area contributed by atoms with Crippen molar-refractivity contribution in [1.29, 1.82) is 0 Å². The van der Waals surface area contributed by atoms with Crippen LogP contribution in [-0.4, -0.2) is 10.9 Å². The standard InChI is InChI=1S/C14H14ClN3O/c1-2-9-5-3-4-6-12(9)18-14(19)11-7-10(16)8-17-13(11)15/h3-8H,2,16H2,1H3,(H,18,19). The Morgan fingerprint density at radius 3 is 2.89 bits per heavy atom. The lowest BCUT2D eigenvalue weighted by Crippen LogP contribution is -2.14. The van der Waals surface area contributed by atoms with Gasteiger partial charge in [-0.2, -0.15) is 0 Å². The Kier molecular flexibility index (Phi) is 4.02. The third-order valence-electron chi connectivity index (χ3n) is 2.75. The number of amides is 1. The summed E-state index contributed by atoms with van der Waals surface area (Å²) in [7, 11) is 0. The number of nitrogens with two attached hydrogens (primary N) is 1. The maximum absolute atomic E-state index is 12.2. The molecule has 0 unspecified atom stereocenters. The van der Waals surface area contributed by atoms with Gasteiger partial charge in [0.1, 0.15) is 5.15 Å². The number of rotatable bonds is 3. The largest absolute Gasteiger partial charge is 0.397 e. The molecular formula is C14H14ClN3O. The van der Waals surface area contributed by atoms with Gasteiger partial charge in [-0.3, -0.25) is 4.79 Å². The number of carbonyl (C=O) groups excluding carboxylic acids is 1. The maximum atomic E-state index is 12.2. The fourth-order valence-electron chi connectivity index (χ4n) is 1.76. The van der Waals surface area contributed by atoms with Crippen LogP contribution in [0.4, 0.5) is 11.4 Å². The van der Waals surface area contributed by atoms with Crippen molar-refractivity contribution in [3.05, 3.63) is 52.8 Å². The molecule has 0 aliphatic heterocycles. The summed E-state index contributed by atoms with van der Waals surface area (Å²) in [6.07, 6.45) is 2.25. The van der Waals surface area contributed by atoms with E-state index in [0.717, 1.165) is 17.7 Å². The van der Waals surface area contributed by atoms with Crippen LogP contribution in [0.15, 0.2) is 36.5 Å². The minimum Gasteiger partial charge on any atom is -0.397 e. The summed E-state index contributed by atoms with van der Waals surface area (Å²) >= 11 is 5.90. The van der Waals surface area contributed by atoms with Crippen LogP contribution in [0.3, 0.4) is 0 Å². The summed E-state index contributed by atoms with van der Waals surface area (Å²) in [5, 5.41) is 2.97. The summed E-state index contributed by atoms with van der Waals surface area (Å²) in [5.41, 5.74) is 8.12. The van der Waals surface area contributed by atoms with Crippen molar-refractivity contribution in [2.45, 2.75) is 13.3 Å². The molecule has 0 spiro atoms. The van der Waals surface area contributed by atoms with Crippen LogP contribution in [0.25, 0.3) is 0 Å². The van der Waals surface area contributed by atoms with E-state index in [2.05, 4.69) is 10.3 Å². The number of nitrogens with zero attached hydrogens (tertiary/aromatic N) is 1. The van der Waals surface area contributed by atoms with Crippen molar-refractivity contribution in [3.8, 4) is 0 Å². The molecule has 1 aromatic carbocycles. The predicted molar refractivity (Wildman–Crippen MR) is 77.4 cm³/mol. The first-order valence-corrected chi connectivity index (χ1v) is 6.30. The number of aromatic nitrogens is 1. The average Bonchev–Trinajstić information content (AvgIpc) is 2.42. The first-order chi connectivity index (χ1) is 9.11. The zero-order valence-corrected chi connectivity index (χ0v) is 11.2. The van der Waals surface area contributed by atoms with Crippen molar-refractivity contribution in [1.82, 2.24) is 4.98 Å². The Morgan fingerprint density at radius 2 is 2.16 bits per heavy atom. The highest BCUT2D eigenvalue weighted by molar-refractivity contribution is 6.33. The summed E-state index contributed by atoms with van der Waals surface area (Å²) in [5.74, 6) is -0.314. The molecule has 5 heteroatoms. The summed E-state index contributed by atoms with van der Waals surface area (Å²) in [4.78, 5) is 16.0. The van der Waals surface area contributed by atoms with Gasteiger partial charge in [0.2, 0.25) is 0 Å². The van der Waals surface area contributed by atoms with Crippen LogP contribution in [0, 0.1) is 0 Å². The van der Waals surface area contributed by atoms with Crippen molar-refractivity contribution in [3.63, 3.8) is 0 Å². The van der Waals surface area contributed by atoms with Gasteiger partial charge in [0, 0.05) is 5.69 Å². The van der Waals surface area contributed by atoms with Gasteiger partial charge in [-0.15, -0.1) is 0 Å². The van der Waals surface area contributed by atoms with Gasteiger partial charge in [-0.25, -0.2) is 4.98 Å². The third kappa shape index (κ3) is 3.03. The molecule has 0 atom stereocenters. The van der Waals surface area contributed by atoms with Crippen LogP contribution in [0.2, 0.25) is 5.15 Å². The molecule has 0 bridgehead atoms. The molecule has 0 saturated heterocycles. The molecule has 1 aromatic heterocycles. The number of para-hydroxylation sites is 1. The molecule has 1 amide bonds. The van der Waals surface area contributed by atoms with Crippen LogP contribution in [0.5, 0.6) is 0 Å².